The van der Waals surface area contributed by atoms with Crippen molar-refractivity contribution in [1.29, 1.82) is 0 Å². The van der Waals surface area contributed by atoms with Crippen LogP contribution in [0.4, 0.5) is 0 Å². The Kier molecular flexibility index (Phi) is 6.18. The van der Waals surface area contributed by atoms with Crippen molar-refractivity contribution < 1.29 is 14.2 Å². The molecule has 0 radical (unpaired) electrons. The van der Waals surface area contributed by atoms with Crippen LogP contribution >= 0.6 is 0 Å². The SMILES string of the molecule is CNCc1cc(OC)c(OCC2CCCCC2)c(OC)c1. The molecular weight excluding hydrogens is 266 g/mol. The highest BCUT2D eigenvalue weighted by Crippen LogP contribution is 2.39. The fourth-order valence-corrected chi connectivity index (χ4v) is 2.94. The molecule has 118 valence electrons. The van der Waals surface area contributed by atoms with Gasteiger partial charge in [-0.3, -0.25) is 0 Å². The van der Waals surface area contributed by atoms with Crippen LogP contribution in [-0.4, -0.2) is 27.9 Å². The van der Waals surface area contributed by atoms with E-state index in [2.05, 4.69) is 5.32 Å². The maximum absolute atomic E-state index is 6.05. The Labute approximate surface area is 127 Å². The van der Waals surface area contributed by atoms with E-state index in [0.717, 1.165) is 36.0 Å². The molecule has 0 aromatic heterocycles. The highest BCUT2D eigenvalue weighted by molar-refractivity contribution is 5.53. The van der Waals surface area contributed by atoms with Gasteiger partial charge in [0.25, 0.3) is 0 Å². The van der Waals surface area contributed by atoms with E-state index >= 15 is 0 Å². The first-order valence-electron chi connectivity index (χ1n) is 7.80. The Morgan fingerprint density at radius 1 is 1.05 bits per heavy atom. The van der Waals surface area contributed by atoms with E-state index in [1.54, 1.807) is 14.2 Å². The lowest BCUT2D eigenvalue weighted by Gasteiger charge is -2.23. The van der Waals surface area contributed by atoms with Crippen LogP contribution in [0.25, 0.3) is 0 Å². The van der Waals surface area contributed by atoms with Crippen LogP contribution in [0.15, 0.2) is 12.1 Å². The molecule has 2 rings (SSSR count). The summed E-state index contributed by atoms with van der Waals surface area (Å²) in [6.45, 7) is 1.52. The van der Waals surface area contributed by atoms with Crippen LogP contribution in [0.3, 0.4) is 0 Å². The van der Waals surface area contributed by atoms with Gasteiger partial charge in [-0.05, 0) is 43.5 Å². The molecule has 0 heterocycles. The third kappa shape index (κ3) is 4.27. The van der Waals surface area contributed by atoms with Gasteiger partial charge in [-0.15, -0.1) is 0 Å². The minimum atomic E-state index is 0.658. The Morgan fingerprint density at radius 3 is 2.19 bits per heavy atom. The minimum Gasteiger partial charge on any atom is -0.493 e. The van der Waals surface area contributed by atoms with E-state index in [4.69, 9.17) is 14.2 Å². The van der Waals surface area contributed by atoms with Gasteiger partial charge in [0.1, 0.15) is 0 Å². The van der Waals surface area contributed by atoms with Gasteiger partial charge in [-0.25, -0.2) is 0 Å². The monoisotopic (exact) mass is 293 g/mol. The first kappa shape index (κ1) is 16.0. The molecule has 1 saturated carbocycles. The molecule has 1 N–H and O–H groups in total. The van der Waals surface area contributed by atoms with Crippen LogP contribution in [-0.2, 0) is 6.54 Å². The van der Waals surface area contributed by atoms with Crippen molar-refractivity contribution in [1.82, 2.24) is 5.32 Å². The number of hydrogen-bond donors (Lipinski definition) is 1. The molecule has 0 bridgehead atoms. The first-order valence-corrected chi connectivity index (χ1v) is 7.80. The smallest absolute Gasteiger partial charge is 0.203 e. The van der Waals surface area contributed by atoms with Gasteiger partial charge in [0, 0.05) is 6.54 Å². The molecule has 0 atom stereocenters. The van der Waals surface area contributed by atoms with Crippen LogP contribution in [0.2, 0.25) is 0 Å². The van der Waals surface area contributed by atoms with Crippen molar-refractivity contribution in [3.63, 3.8) is 0 Å². The van der Waals surface area contributed by atoms with Crippen LogP contribution in [0, 0.1) is 5.92 Å². The Hall–Kier alpha value is -1.42. The predicted molar refractivity (Wildman–Crippen MR) is 84.4 cm³/mol. The lowest BCUT2D eigenvalue weighted by Crippen LogP contribution is -2.16. The maximum Gasteiger partial charge on any atom is 0.203 e. The summed E-state index contributed by atoms with van der Waals surface area (Å²) in [4.78, 5) is 0. The molecule has 1 aromatic carbocycles. The zero-order valence-corrected chi connectivity index (χ0v) is 13.4. The fourth-order valence-electron chi connectivity index (χ4n) is 2.94. The summed E-state index contributed by atoms with van der Waals surface area (Å²) in [5, 5.41) is 3.14. The van der Waals surface area contributed by atoms with Gasteiger partial charge in [-0.2, -0.15) is 0 Å². The van der Waals surface area contributed by atoms with Gasteiger partial charge in [0.2, 0.25) is 5.75 Å². The van der Waals surface area contributed by atoms with Gasteiger partial charge in [0.05, 0.1) is 20.8 Å². The van der Waals surface area contributed by atoms with E-state index < -0.39 is 0 Å². The second-order valence-corrected chi connectivity index (χ2v) is 5.67. The predicted octanol–water partition coefficient (Wildman–Crippen LogP) is 3.38. The molecule has 0 unspecified atom stereocenters. The van der Waals surface area contributed by atoms with Gasteiger partial charge in [-0.1, -0.05) is 19.3 Å². The molecular formula is C17H27NO3. The number of benzene rings is 1. The van der Waals surface area contributed by atoms with E-state index in [1.165, 1.54) is 32.1 Å². The molecule has 0 aliphatic heterocycles. The van der Waals surface area contributed by atoms with Crippen LogP contribution in [0.5, 0.6) is 17.2 Å². The van der Waals surface area contributed by atoms with E-state index in [9.17, 15) is 0 Å². The van der Waals surface area contributed by atoms with Gasteiger partial charge in [0.15, 0.2) is 11.5 Å². The minimum absolute atomic E-state index is 0.658. The molecule has 1 aliphatic rings. The zero-order chi connectivity index (χ0) is 15.1. The summed E-state index contributed by atoms with van der Waals surface area (Å²) < 4.78 is 17.0. The lowest BCUT2D eigenvalue weighted by molar-refractivity contribution is 0.195. The second kappa shape index (κ2) is 8.13. The lowest BCUT2D eigenvalue weighted by atomic mass is 9.90. The highest BCUT2D eigenvalue weighted by atomic mass is 16.5. The number of ether oxygens (including phenoxy) is 3. The average Bonchev–Trinajstić information content (AvgIpc) is 2.54. The third-order valence-electron chi connectivity index (χ3n) is 4.09. The molecule has 1 fully saturated rings. The molecule has 0 saturated heterocycles. The standard InChI is InChI=1S/C17H27NO3/c1-18-11-14-9-15(19-2)17(16(10-14)20-3)21-12-13-7-5-4-6-8-13/h9-10,13,18H,4-8,11-12H2,1-3H3. The van der Waals surface area contributed by atoms with Crippen molar-refractivity contribution in [3.8, 4) is 17.2 Å². The van der Waals surface area contributed by atoms with Crippen molar-refractivity contribution in [2.45, 2.75) is 38.6 Å². The number of methoxy groups -OCH3 is 2. The number of rotatable bonds is 7. The molecule has 0 amide bonds. The maximum atomic E-state index is 6.05. The molecule has 4 nitrogen and oxygen atoms in total. The molecule has 21 heavy (non-hydrogen) atoms. The summed E-state index contributed by atoms with van der Waals surface area (Å²) in [5.41, 5.74) is 1.12. The Balaban J connectivity index is 2.11. The summed E-state index contributed by atoms with van der Waals surface area (Å²) >= 11 is 0. The summed E-state index contributed by atoms with van der Waals surface area (Å²) in [7, 11) is 5.27. The Morgan fingerprint density at radius 2 is 1.67 bits per heavy atom. The molecule has 1 aliphatic carbocycles. The highest BCUT2D eigenvalue weighted by Gasteiger charge is 2.18. The van der Waals surface area contributed by atoms with Crippen molar-refractivity contribution >= 4 is 0 Å². The topological polar surface area (TPSA) is 39.7 Å². The zero-order valence-electron chi connectivity index (χ0n) is 13.4. The summed E-state index contributed by atoms with van der Waals surface area (Å²) in [6, 6.07) is 4.02. The van der Waals surface area contributed by atoms with E-state index in [1.807, 2.05) is 19.2 Å². The average molecular weight is 293 g/mol. The number of hydrogen-bond acceptors (Lipinski definition) is 4. The summed E-state index contributed by atoms with van der Waals surface area (Å²) in [6.07, 6.45) is 6.54. The quantitative estimate of drug-likeness (QED) is 0.836. The van der Waals surface area contributed by atoms with Gasteiger partial charge >= 0.3 is 0 Å². The fraction of sp³-hybridized carbons (Fsp3) is 0.647. The van der Waals surface area contributed by atoms with E-state index in [0.29, 0.717) is 5.92 Å². The molecule has 4 heteroatoms. The molecule has 0 spiro atoms. The van der Waals surface area contributed by atoms with E-state index in [-0.39, 0.29) is 0 Å². The van der Waals surface area contributed by atoms with Crippen LogP contribution < -0.4 is 19.5 Å². The van der Waals surface area contributed by atoms with Crippen molar-refractivity contribution in [3.05, 3.63) is 17.7 Å². The van der Waals surface area contributed by atoms with Crippen LogP contribution in [0.1, 0.15) is 37.7 Å². The molecule has 1 aromatic rings. The van der Waals surface area contributed by atoms with Crippen molar-refractivity contribution in [2.24, 2.45) is 5.92 Å². The summed E-state index contributed by atoms with van der Waals surface area (Å²) in [5.74, 6) is 2.88. The normalized spacial score (nSPS) is 15.8. The second-order valence-electron chi connectivity index (χ2n) is 5.67. The largest absolute Gasteiger partial charge is 0.493 e. The van der Waals surface area contributed by atoms with Crippen molar-refractivity contribution in [2.75, 3.05) is 27.9 Å². The number of nitrogens with one attached hydrogen (secondary N) is 1. The third-order valence-corrected chi connectivity index (χ3v) is 4.09. The van der Waals surface area contributed by atoms with Gasteiger partial charge < -0.3 is 19.5 Å². The Bertz CT molecular complexity index is 417. The first-order chi connectivity index (χ1) is 10.3.